The van der Waals surface area contributed by atoms with Gasteiger partial charge < -0.3 is 15.2 Å². The number of carbonyl (C=O) groups excluding carboxylic acids is 1. The number of piperidine rings is 1. The van der Waals surface area contributed by atoms with E-state index in [0.717, 1.165) is 48.1 Å². The van der Waals surface area contributed by atoms with E-state index in [1.165, 1.54) is 11.1 Å². The van der Waals surface area contributed by atoms with Crippen LogP contribution in [0.5, 0.6) is 0 Å². The fourth-order valence-electron chi connectivity index (χ4n) is 4.67. The fraction of sp³-hybridized carbons (Fsp3) is 0.333. The lowest BCUT2D eigenvalue weighted by molar-refractivity contribution is 0.0595. The average Bonchev–Trinajstić information content (AvgIpc) is 3.30. The monoisotopic (exact) mass is 346 g/mol. The van der Waals surface area contributed by atoms with Gasteiger partial charge in [0.1, 0.15) is 0 Å². The van der Waals surface area contributed by atoms with Crippen LogP contribution in [0.1, 0.15) is 40.2 Å². The molecule has 0 spiro atoms. The van der Waals surface area contributed by atoms with Crippen molar-refractivity contribution >= 4 is 22.6 Å². The zero-order chi connectivity index (χ0) is 17.7. The van der Waals surface area contributed by atoms with Crippen molar-refractivity contribution in [2.75, 3.05) is 18.9 Å². The molecule has 2 aromatic carbocycles. The van der Waals surface area contributed by atoms with Gasteiger partial charge >= 0.3 is 0 Å². The first-order valence-electron chi connectivity index (χ1n) is 9.29. The number of aromatic amines is 1. The van der Waals surface area contributed by atoms with Crippen LogP contribution in [-0.4, -0.2) is 40.4 Å². The summed E-state index contributed by atoms with van der Waals surface area (Å²) in [6, 6.07) is 12.6. The van der Waals surface area contributed by atoms with Crippen LogP contribution in [0.2, 0.25) is 0 Å². The van der Waals surface area contributed by atoms with Crippen LogP contribution in [0.25, 0.3) is 11.0 Å². The number of aromatic nitrogens is 2. The summed E-state index contributed by atoms with van der Waals surface area (Å²) < 4.78 is 0. The van der Waals surface area contributed by atoms with Gasteiger partial charge in [-0.05, 0) is 60.7 Å². The van der Waals surface area contributed by atoms with Gasteiger partial charge in [0.05, 0.1) is 17.4 Å². The van der Waals surface area contributed by atoms with Gasteiger partial charge in [0.25, 0.3) is 5.91 Å². The quantitative estimate of drug-likeness (QED) is 0.746. The Balaban J connectivity index is 1.47. The summed E-state index contributed by atoms with van der Waals surface area (Å²) in [6.45, 7) is 0.841. The second kappa shape index (κ2) is 5.87. The smallest absolute Gasteiger partial charge is 0.254 e. The summed E-state index contributed by atoms with van der Waals surface area (Å²) in [6.07, 6.45) is 4.85. The number of amides is 1. The van der Waals surface area contributed by atoms with Crippen molar-refractivity contribution < 1.29 is 4.79 Å². The third-order valence-corrected chi connectivity index (χ3v) is 5.97. The molecule has 2 heterocycles. The van der Waals surface area contributed by atoms with E-state index in [4.69, 9.17) is 0 Å². The zero-order valence-electron chi connectivity index (χ0n) is 14.8. The minimum atomic E-state index is 0.137. The molecule has 1 aliphatic carbocycles. The number of H-pyrrole nitrogens is 1. The van der Waals surface area contributed by atoms with Crippen molar-refractivity contribution in [1.82, 2.24) is 14.9 Å². The second-order valence-electron chi connectivity index (χ2n) is 7.32. The summed E-state index contributed by atoms with van der Waals surface area (Å²) in [5.74, 6) is 0.588. The van der Waals surface area contributed by atoms with Gasteiger partial charge in [0.2, 0.25) is 0 Å². The lowest BCUT2D eigenvalue weighted by Crippen LogP contribution is -2.46. The number of nitrogens with one attached hydrogen (secondary N) is 2. The summed E-state index contributed by atoms with van der Waals surface area (Å²) in [5, 5.41) is 3.24. The van der Waals surface area contributed by atoms with E-state index in [0.29, 0.717) is 5.92 Å². The zero-order valence-corrected chi connectivity index (χ0v) is 14.8. The van der Waals surface area contributed by atoms with E-state index in [9.17, 15) is 4.79 Å². The molecule has 0 radical (unpaired) electrons. The van der Waals surface area contributed by atoms with Crippen LogP contribution < -0.4 is 5.32 Å². The van der Waals surface area contributed by atoms with Gasteiger partial charge in [-0.3, -0.25) is 4.79 Å². The standard InChI is InChI=1S/C21H22N4O/c1-22-15-6-4-13-10-20-16(17(13)11-15)3-2-8-25(20)21(26)14-5-7-18-19(9-14)24-12-23-18/h4-7,9,11-12,16,20,22H,2-3,8,10H2,1H3,(H,23,24). The molecule has 2 N–H and O–H groups in total. The molecule has 2 atom stereocenters. The van der Waals surface area contributed by atoms with E-state index < -0.39 is 0 Å². The number of likely N-dealkylation sites (tertiary alicyclic amines) is 1. The van der Waals surface area contributed by atoms with Crippen molar-refractivity contribution in [2.45, 2.75) is 31.2 Å². The van der Waals surface area contributed by atoms with E-state index >= 15 is 0 Å². The third-order valence-electron chi connectivity index (χ3n) is 5.97. The normalized spacial score (nSPS) is 21.5. The maximum absolute atomic E-state index is 13.3. The first-order valence-corrected chi connectivity index (χ1v) is 9.29. The third kappa shape index (κ3) is 2.30. The highest BCUT2D eigenvalue weighted by Gasteiger charge is 2.41. The van der Waals surface area contributed by atoms with Crippen molar-refractivity contribution in [3.05, 3.63) is 59.4 Å². The molecule has 1 amide bonds. The number of rotatable bonds is 2. The number of nitrogens with zero attached hydrogens (tertiary/aromatic N) is 2. The minimum absolute atomic E-state index is 0.137. The Morgan fingerprint density at radius 1 is 1.27 bits per heavy atom. The fourth-order valence-corrected chi connectivity index (χ4v) is 4.67. The molecule has 5 heteroatoms. The predicted molar refractivity (Wildman–Crippen MR) is 103 cm³/mol. The van der Waals surface area contributed by atoms with E-state index in [-0.39, 0.29) is 11.9 Å². The number of imidazole rings is 1. The van der Waals surface area contributed by atoms with Gasteiger partial charge in [-0.25, -0.2) is 4.98 Å². The number of hydrogen-bond acceptors (Lipinski definition) is 3. The summed E-state index contributed by atoms with van der Waals surface area (Å²) in [7, 11) is 1.95. The molecule has 1 aromatic heterocycles. The first kappa shape index (κ1) is 15.4. The van der Waals surface area contributed by atoms with Gasteiger partial charge in [-0.1, -0.05) is 6.07 Å². The van der Waals surface area contributed by atoms with Gasteiger partial charge in [0.15, 0.2) is 0 Å². The van der Waals surface area contributed by atoms with E-state index in [1.807, 2.05) is 25.2 Å². The maximum Gasteiger partial charge on any atom is 0.254 e. The summed E-state index contributed by atoms with van der Waals surface area (Å²) in [4.78, 5) is 22.7. The van der Waals surface area contributed by atoms with Crippen LogP contribution in [0, 0.1) is 0 Å². The van der Waals surface area contributed by atoms with E-state index in [2.05, 4.69) is 38.4 Å². The number of hydrogen-bond donors (Lipinski definition) is 2. The Kier molecular flexibility index (Phi) is 3.48. The maximum atomic E-state index is 13.3. The van der Waals surface area contributed by atoms with Gasteiger partial charge in [-0.2, -0.15) is 0 Å². The molecule has 2 aliphatic rings. The van der Waals surface area contributed by atoms with Crippen LogP contribution in [-0.2, 0) is 6.42 Å². The lowest BCUT2D eigenvalue weighted by Gasteiger charge is -2.38. The molecule has 0 saturated carbocycles. The highest BCUT2D eigenvalue weighted by molar-refractivity contribution is 5.97. The summed E-state index contributed by atoms with van der Waals surface area (Å²) >= 11 is 0. The summed E-state index contributed by atoms with van der Waals surface area (Å²) in [5.41, 5.74) is 6.52. The molecule has 1 saturated heterocycles. The van der Waals surface area contributed by atoms with Crippen molar-refractivity contribution in [3.63, 3.8) is 0 Å². The highest BCUT2D eigenvalue weighted by Crippen LogP contribution is 2.43. The Morgan fingerprint density at radius 2 is 2.19 bits per heavy atom. The van der Waals surface area contributed by atoms with Crippen molar-refractivity contribution in [1.29, 1.82) is 0 Å². The second-order valence-corrected chi connectivity index (χ2v) is 7.32. The largest absolute Gasteiger partial charge is 0.388 e. The molecular weight excluding hydrogens is 324 g/mol. The van der Waals surface area contributed by atoms with Crippen LogP contribution >= 0.6 is 0 Å². The topological polar surface area (TPSA) is 61.0 Å². The number of fused-ring (bicyclic) bond motifs is 4. The molecule has 0 bridgehead atoms. The van der Waals surface area contributed by atoms with Gasteiger partial charge in [0, 0.05) is 36.8 Å². The molecule has 5 rings (SSSR count). The van der Waals surface area contributed by atoms with Crippen molar-refractivity contribution in [3.8, 4) is 0 Å². The highest BCUT2D eigenvalue weighted by atomic mass is 16.2. The molecular formula is C21H22N4O. The minimum Gasteiger partial charge on any atom is -0.388 e. The predicted octanol–water partition coefficient (Wildman–Crippen LogP) is 3.55. The average molecular weight is 346 g/mol. The first-order chi connectivity index (χ1) is 12.7. The molecule has 2 unspecified atom stereocenters. The Hall–Kier alpha value is -2.82. The lowest BCUT2D eigenvalue weighted by atomic mass is 9.88. The SMILES string of the molecule is CNc1ccc2c(c1)C1CCCN(C(=O)c3ccc4nc[nH]c4c3)C1C2. The Labute approximate surface area is 152 Å². The molecule has 1 fully saturated rings. The molecule has 5 nitrogen and oxygen atoms in total. The van der Waals surface area contributed by atoms with Crippen LogP contribution in [0.4, 0.5) is 5.69 Å². The number of anilines is 1. The number of carbonyl (C=O) groups is 1. The molecule has 3 aromatic rings. The number of benzene rings is 2. The molecule has 1 aliphatic heterocycles. The van der Waals surface area contributed by atoms with E-state index in [1.54, 1.807) is 6.33 Å². The molecule has 132 valence electrons. The van der Waals surface area contributed by atoms with Crippen molar-refractivity contribution in [2.24, 2.45) is 0 Å². The van der Waals surface area contributed by atoms with Crippen LogP contribution in [0.3, 0.4) is 0 Å². The van der Waals surface area contributed by atoms with Gasteiger partial charge in [-0.15, -0.1) is 0 Å². The Morgan fingerprint density at radius 3 is 3.08 bits per heavy atom. The van der Waals surface area contributed by atoms with Crippen LogP contribution in [0.15, 0.2) is 42.7 Å². The molecule has 26 heavy (non-hydrogen) atoms. The Bertz CT molecular complexity index is 993.